The monoisotopic (exact) mass is 159 g/mol. The zero-order valence-electron chi connectivity index (χ0n) is 2.62. The summed E-state index contributed by atoms with van der Waals surface area (Å²) in [5, 5.41) is 0. The fraction of sp³-hybridized carbons (Fsp3) is 1.00. The first kappa shape index (κ1) is 15.7. The van der Waals surface area contributed by atoms with Crippen molar-refractivity contribution in [1.82, 2.24) is 0 Å². The third-order valence-corrected chi connectivity index (χ3v) is 0. The van der Waals surface area contributed by atoms with Gasteiger partial charge in [-0.2, -0.15) is 13.2 Å². The molecule has 0 atom stereocenters. The van der Waals surface area contributed by atoms with Gasteiger partial charge in [0.05, 0.1) is 0 Å². The number of alkyl halides is 3. The Labute approximate surface area is 74.2 Å². The van der Waals surface area contributed by atoms with Crippen LogP contribution in [0.2, 0.25) is 0 Å². The molecule has 0 aliphatic heterocycles. The van der Waals surface area contributed by atoms with Gasteiger partial charge in [-0.15, -0.1) is 0 Å². The Morgan fingerprint density at radius 1 is 1.14 bits per heavy atom. The molecule has 0 radical (unpaired) electrons. The predicted molar refractivity (Wildman–Crippen MR) is 25.7 cm³/mol. The molecule has 0 aromatic rings. The molecule has 0 bridgehead atoms. The molecule has 42 valence electrons. The number of hydrogen-bond acceptors (Lipinski definition) is 2. The van der Waals surface area contributed by atoms with E-state index in [4.69, 9.17) is 4.78 Å². The molecule has 0 fully saturated rings. The van der Waals surface area contributed by atoms with Gasteiger partial charge in [0.25, 0.3) is 0 Å². The topological polar surface area (TPSA) is 23.9 Å². The van der Waals surface area contributed by atoms with E-state index in [1.807, 2.05) is 0 Å². The first-order valence-electron chi connectivity index (χ1n) is 0.859. The summed E-state index contributed by atoms with van der Waals surface area (Å²) in [5.74, 6) is 0. The molecule has 0 heterocycles. The maximum absolute atomic E-state index is 9.67. The van der Waals surface area contributed by atoms with Gasteiger partial charge in [0.1, 0.15) is 0 Å². The van der Waals surface area contributed by atoms with Crippen molar-refractivity contribution in [3.05, 3.63) is 0 Å². The zero-order valence-corrected chi connectivity index (χ0v) is 3.44. The Bertz CT molecular complexity index is 26.1. The first-order valence-corrected chi connectivity index (χ1v) is 1.27. The van der Waals surface area contributed by atoms with Gasteiger partial charge in [-0.25, -0.2) is 4.78 Å². The first-order chi connectivity index (χ1) is 2.73. The summed E-state index contributed by atoms with van der Waals surface area (Å²) < 4.78 is 34.3. The molecule has 0 rings (SSSR count). The Balaban J connectivity index is -0.0000000480. The van der Waals surface area contributed by atoms with E-state index in [0.717, 1.165) is 0 Å². The predicted octanol–water partition coefficient (Wildman–Crippen LogP) is 0.558. The molecule has 1 N–H and O–H groups in total. The van der Waals surface area contributed by atoms with Crippen molar-refractivity contribution in [3.63, 3.8) is 0 Å². The van der Waals surface area contributed by atoms with E-state index in [1.54, 1.807) is 0 Å². The van der Waals surface area contributed by atoms with Crippen LogP contribution < -0.4 is 0 Å². The number of nitrogens with one attached hydrogen (secondary N) is 1. The van der Waals surface area contributed by atoms with Crippen molar-refractivity contribution in [2.45, 2.75) is 6.68 Å². The van der Waals surface area contributed by atoms with Crippen LogP contribution in [0.1, 0.15) is 0 Å². The van der Waals surface area contributed by atoms with E-state index in [-0.39, 0.29) is 37.7 Å². The second kappa shape index (κ2) is 15.7. The molecule has 0 aromatic carbocycles. The molecular weight excluding hydrogens is 155 g/mol. The van der Waals surface area contributed by atoms with Crippen molar-refractivity contribution in [2.75, 3.05) is 0 Å². The van der Waals surface area contributed by atoms with Crippen LogP contribution >= 0.6 is 0 Å². The molecule has 6 heteroatoms. The van der Waals surface area contributed by atoms with E-state index in [0.29, 0.717) is 0 Å². The Hall–Kier alpha value is 1.07. The van der Waals surface area contributed by atoms with Crippen LogP contribution in [0.3, 0.4) is 0 Å². The minimum atomic E-state index is -3.67. The second-order valence-electron chi connectivity index (χ2n) is 0.247. The summed E-state index contributed by atoms with van der Waals surface area (Å²) in [6.07, 6.45) is 0. The Morgan fingerprint density at radius 3 is 1.14 bits per heavy atom. The van der Waals surface area contributed by atoms with Gasteiger partial charge in [0.2, 0.25) is 0 Å². The van der Waals surface area contributed by atoms with Crippen LogP contribution in [0.5, 0.6) is 0 Å². The Kier molecular flexibility index (Phi) is 35.3. The number of halogens is 3. The van der Waals surface area contributed by atoms with Crippen LogP contribution in [0.15, 0.2) is 0 Å². The zero-order chi connectivity index (χ0) is 5.58. The molecule has 0 aliphatic rings. The van der Waals surface area contributed by atoms with Gasteiger partial charge in [-0.3, -0.25) is 0 Å². The maximum atomic E-state index is 9.67. The summed E-state index contributed by atoms with van der Waals surface area (Å²) >= 11 is 3.33. The van der Waals surface area contributed by atoms with Gasteiger partial charge in [0.15, 0.2) is 0 Å². The summed E-state index contributed by atoms with van der Waals surface area (Å²) in [7, 11) is 0. The summed E-state index contributed by atoms with van der Waals surface area (Å²) in [6, 6.07) is 0. The molecule has 0 aliphatic carbocycles. The molecule has 0 spiro atoms. The molecule has 0 saturated heterocycles. The number of rotatable bonds is 0. The molecular formula is CH4CaF3NS. The quantitative estimate of drug-likeness (QED) is 0.513. The third kappa shape index (κ3) is 159. The number of hydrogen-bond donors (Lipinski definition) is 1. The van der Waals surface area contributed by atoms with E-state index < -0.39 is 6.68 Å². The van der Waals surface area contributed by atoms with Gasteiger partial charge in [0, 0.05) is 12.4 Å². The third-order valence-electron chi connectivity index (χ3n) is 0. The van der Waals surface area contributed by atoms with E-state index in [1.165, 1.54) is 0 Å². The average molecular weight is 159 g/mol. The van der Waals surface area contributed by atoms with Gasteiger partial charge in [-0.05, 0) is 0 Å². The Morgan fingerprint density at radius 2 is 1.14 bits per heavy atom. The van der Waals surface area contributed by atoms with Crippen molar-refractivity contribution >= 4 is 50.2 Å². The van der Waals surface area contributed by atoms with E-state index >= 15 is 0 Å². The van der Waals surface area contributed by atoms with Gasteiger partial charge < -0.3 is 0 Å². The van der Waals surface area contributed by atoms with Crippen molar-refractivity contribution < 1.29 is 13.2 Å². The molecule has 0 aromatic heterocycles. The van der Waals surface area contributed by atoms with E-state index in [2.05, 4.69) is 12.4 Å². The van der Waals surface area contributed by atoms with Crippen LogP contribution in [0, 0.1) is 4.78 Å². The van der Waals surface area contributed by atoms with Gasteiger partial charge >= 0.3 is 44.4 Å². The van der Waals surface area contributed by atoms with Crippen LogP contribution in [-0.2, 0) is 12.4 Å². The van der Waals surface area contributed by atoms with Crippen LogP contribution in [0.4, 0.5) is 13.2 Å². The summed E-state index contributed by atoms with van der Waals surface area (Å²) in [4.78, 5) is 0. The molecule has 0 unspecified atom stereocenters. The average Bonchev–Trinajstić information content (AvgIpc) is 1.41. The van der Waals surface area contributed by atoms with Crippen LogP contribution in [0.25, 0.3) is 0 Å². The van der Waals surface area contributed by atoms with Gasteiger partial charge in [-0.1, -0.05) is 0 Å². The van der Waals surface area contributed by atoms with Crippen LogP contribution in [-0.4, -0.2) is 44.4 Å². The molecule has 7 heavy (non-hydrogen) atoms. The van der Waals surface area contributed by atoms with Crippen molar-refractivity contribution in [3.8, 4) is 0 Å². The summed E-state index contributed by atoms with van der Waals surface area (Å²) in [5.41, 5.74) is 0. The fourth-order valence-corrected chi connectivity index (χ4v) is 0. The second-order valence-corrected chi connectivity index (χ2v) is 0.247. The fourth-order valence-electron chi connectivity index (χ4n) is 0. The SMILES string of the molecule is FC(F)F.N=S.[CaH2]. The molecule has 0 amide bonds. The van der Waals surface area contributed by atoms with E-state index in [9.17, 15) is 13.2 Å². The normalized spacial score (nSPS) is 5.71. The standard InChI is InChI=1S/CHF3.Ca.HNS.2H/c2-1(3)4;;1-2;;/h1H;;1H;;. The molecule has 1 nitrogen and oxygen atoms in total. The minimum absolute atomic E-state index is 0. The molecule has 0 saturated carbocycles. The van der Waals surface area contributed by atoms with Crippen molar-refractivity contribution in [1.29, 1.82) is 4.78 Å². The van der Waals surface area contributed by atoms with Crippen molar-refractivity contribution in [2.24, 2.45) is 0 Å². The summed E-state index contributed by atoms with van der Waals surface area (Å²) in [6.45, 7) is -3.67.